The Morgan fingerprint density at radius 1 is 0.958 bits per heavy atom. The number of likely N-dealkylation sites (N-methyl/N-ethyl adjacent to an activating group) is 1. The van der Waals surface area contributed by atoms with Gasteiger partial charge in [0.15, 0.2) is 5.96 Å². The van der Waals surface area contributed by atoms with Gasteiger partial charge in [0.05, 0.1) is 0 Å². The molecule has 0 aliphatic carbocycles. The van der Waals surface area contributed by atoms with Crippen LogP contribution in [0.2, 0.25) is 0 Å². The summed E-state index contributed by atoms with van der Waals surface area (Å²) in [6, 6.07) is 10.6. The molecule has 0 aromatic heterocycles. The topological polar surface area (TPSA) is 65.5 Å². The van der Waals surface area contributed by atoms with E-state index in [1.165, 1.54) is 5.56 Å². The molecule has 0 radical (unpaired) electrons. The maximum absolute atomic E-state index is 11.6. The van der Waals surface area contributed by atoms with Gasteiger partial charge < -0.3 is 16.0 Å². The van der Waals surface area contributed by atoms with E-state index in [4.69, 9.17) is 0 Å². The maximum Gasteiger partial charge on any atom is 0.241 e. The van der Waals surface area contributed by atoms with E-state index in [1.54, 1.807) is 0 Å². The minimum Gasteiger partial charge on any atom is -0.357 e. The summed E-state index contributed by atoms with van der Waals surface area (Å²) in [5, 5.41) is 9.39. The number of aliphatic imine (C=N–C) groups is 1. The number of nitrogens with zero attached hydrogens (tertiary/aromatic N) is 1. The number of guanidine groups is 1. The zero-order valence-corrected chi connectivity index (χ0v) is 15.5. The molecule has 0 aliphatic heterocycles. The summed E-state index contributed by atoms with van der Waals surface area (Å²) in [6.07, 6.45) is 2.08. The zero-order valence-electron chi connectivity index (χ0n) is 15.5. The van der Waals surface area contributed by atoms with Gasteiger partial charge in [0.1, 0.15) is 6.54 Å². The molecule has 0 saturated heterocycles. The lowest BCUT2D eigenvalue weighted by molar-refractivity contribution is -0.119. The molecule has 0 aliphatic rings. The third kappa shape index (κ3) is 5.87. The molecule has 0 saturated carbocycles. The van der Waals surface area contributed by atoms with Gasteiger partial charge in [0, 0.05) is 25.0 Å². The van der Waals surface area contributed by atoms with Crippen LogP contribution in [0.25, 0.3) is 0 Å². The van der Waals surface area contributed by atoms with Gasteiger partial charge in [-0.15, -0.1) is 0 Å². The number of nitrogens with one attached hydrogen (secondary N) is 3. The van der Waals surface area contributed by atoms with Crippen molar-refractivity contribution in [3.63, 3.8) is 0 Å². The van der Waals surface area contributed by atoms with E-state index in [0.29, 0.717) is 12.5 Å². The first-order valence-corrected chi connectivity index (χ1v) is 8.96. The van der Waals surface area contributed by atoms with Crippen LogP contribution < -0.4 is 16.0 Å². The van der Waals surface area contributed by atoms with E-state index < -0.39 is 0 Å². The van der Waals surface area contributed by atoms with Gasteiger partial charge in [-0.2, -0.15) is 0 Å². The number of benzene rings is 1. The lowest BCUT2D eigenvalue weighted by Crippen LogP contribution is -2.45. The molecule has 5 nitrogen and oxygen atoms in total. The largest absolute Gasteiger partial charge is 0.357 e. The fraction of sp³-hybridized carbons (Fsp3) is 0.579. The molecule has 0 fully saturated rings. The number of amides is 1. The van der Waals surface area contributed by atoms with Crippen molar-refractivity contribution in [2.45, 2.75) is 46.0 Å². The number of carbonyl (C=O) groups is 1. The molecule has 1 rings (SSSR count). The van der Waals surface area contributed by atoms with Gasteiger partial charge in [-0.3, -0.25) is 4.79 Å². The Balaban J connectivity index is 2.81. The molecule has 0 atom stereocenters. The van der Waals surface area contributed by atoms with E-state index in [0.717, 1.165) is 25.9 Å². The Bertz CT molecular complexity index is 509. The Morgan fingerprint density at radius 3 is 2.12 bits per heavy atom. The second kappa shape index (κ2) is 10.7. The molecule has 0 unspecified atom stereocenters. The molecule has 134 valence electrons. The lowest BCUT2D eigenvalue weighted by atomic mass is 9.76. The fourth-order valence-corrected chi connectivity index (χ4v) is 2.80. The maximum atomic E-state index is 11.6. The molecule has 24 heavy (non-hydrogen) atoms. The van der Waals surface area contributed by atoms with Crippen LogP contribution in [0.15, 0.2) is 35.3 Å². The average Bonchev–Trinajstić information content (AvgIpc) is 2.62. The van der Waals surface area contributed by atoms with Crippen LogP contribution in [0.5, 0.6) is 0 Å². The molecule has 1 amide bonds. The minimum absolute atomic E-state index is 0.0587. The van der Waals surface area contributed by atoms with E-state index in [9.17, 15) is 4.79 Å². The quantitative estimate of drug-likeness (QED) is 0.481. The van der Waals surface area contributed by atoms with Crippen LogP contribution in [-0.2, 0) is 10.2 Å². The van der Waals surface area contributed by atoms with Crippen LogP contribution in [0, 0.1) is 0 Å². The third-order valence-corrected chi connectivity index (χ3v) is 4.43. The number of hydrogen-bond acceptors (Lipinski definition) is 2. The van der Waals surface area contributed by atoms with Gasteiger partial charge in [0.25, 0.3) is 0 Å². The minimum atomic E-state index is -0.0602. The van der Waals surface area contributed by atoms with Crippen molar-refractivity contribution in [3.8, 4) is 0 Å². The normalized spacial score (nSPS) is 11.9. The highest BCUT2D eigenvalue weighted by atomic mass is 16.1. The standard InChI is InChI=1S/C19H32N4O/c1-5-19(6-2,16-12-10-9-11-13-16)15-23-18(21-8-4)22-14-17(24)20-7-3/h9-13H,5-8,14-15H2,1-4H3,(H,20,24)(H2,21,22,23). The predicted molar refractivity (Wildman–Crippen MR) is 101 cm³/mol. The van der Waals surface area contributed by atoms with E-state index in [2.05, 4.69) is 59.1 Å². The Morgan fingerprint density at radius 2 is 1.58 bits per heavy atom. The molecule has 1 aromatic rings. The lowest BCUT2D eigenvalue weighted by Gasteiger charge is -2.33. The van der Waals surface area contributed by atoms with Crippen LogP contribution in [0.3, 0.4) is 0 Å². The van der Waals surface area contributed by atoms with Crippen molar-refractivity contribution >= 4 is 11.9 Å². The Hall–Kier alpha value is -2.04. The van der Waals surface area contributed by atoms with Crippen LogP contribution in [-0.4, -0.2) is 38.0 Å². The number of hydrogen-bond donors (Lipinski definition) is 3. The summed E-state index contributed by atoms with van der Waals surface area (Å²) in [6.45, 7) is 10.7. The Labute approximate surface area is 146 Å². The van der Waals surface area contributed by atoms with Gasteiger partial charge >= 0.3 is 0 Å². The molecule has 1 aromatic carbocycles. The monoisotopic (exact) mass is 332 g/mol. The first kappa shape index (κ1) is 20.0. The number of carbonyl (C=O) groups excluding carboxylic acids is 1. The SMILES string of the molecule is CCNC(=O)CN=C(NCC)NCC(CC)(CC)c1ccccc1. The molecule has 0 spiro atoms. The molecule has 3 N–H and O–H groups in total. The van der Waals surface area contributed by atoms with E-state index in [-0.39, 0.29) is 17.9 Å². The smallest absolute Gasteiger partial charge is 0.241 e. The average molecular weight is 332 g/mol. The van der Waals surface area contributed by atoms with Gasteiger partial charge in [0.2, 0.25) is 5.91 Å². The second-order valence-electron chi connectivity index (χ2n) is 5.86. The second-order valence-corrected chi connectivity index (χ2v) is 5.86. The summed E-state index contributed by atoms with van der Waals surface area (Å²) in [5.41, 5.74) is 1.39. The summed E-state index contributed by atoms with van der Waals surface area (Å²) in [7, 11) is 0. The first-order chi connectivity index (χ1) is 11.6. The van der Waals surface area contributed by atoms with Crippen LogP contribution in [0.4, 0.5) is 0 Å². The highest BCUT2D eigenvalue weighted by Crippen LogP contribution is 2.30. The first-order valence-electron chi connectivity index (χ1n) is 8.96. The summed E-state index contributed by atoms with van der Waals surface area (Å²) in [4.78, 5) is 16.0. The highest BCUT2D eigenvalue weighted by Gasteiger charge is 2.28. The molecule has 0 heterocycles. The van der Waals surface area contributed by atoms with E-state index >= 15 is 0 Å². The van der Waals surface area contributed by atoms with Crippen molar-refractivity contribution in [3.05, 3.63) is 35.9 Å². The van der Waals surface area contributed by atoms with Crippen LogP contribution >= 0.6 is 0 Å². The summed E-state index contributed by atoms with van der Waals surface area (Å²) >= 11 is 0. The number of rotatable bonds is 9. The van der Waals surface area contributed by atoms with E-state index in [1.807, 2.05) is 19.9 Å². The molecular weight excluding hydrogens is 300 g/mol. The molecule has 0 bridgehead atoms. The zero-order chi connectivity index (χ0) is 17.8. The summed E-state index contributed by atoms with van der Waals surface area (Å²) < 4.78 is 0. The molecule has 5 heteroatoms. The summed E-state index contributed by atoms with van der Waals surface area (Å²) in [5.74, 6) is 0.626. The van der Waals surface area contributed by atoms with Crippen molar-refractivity contribution in [1.82, 2.24) is 16.0 Å². The van der Waals surface area contributed by atoms with Gasteiger partial charge in [-0.05, 0) is 32.3 Å². The van der Waals surface area contributed by atoms with Crippen molar-refractivity contribution in [2.24, 2.45) is 4.99 Å². The highest BCUT2D eigenvalue weighted by molar-refractivity contribution is 5.84. The van der Waals surface area contributed by atoms with Crippen molar-refractivity contribution in [1.29, 1.82) is 0 Å². The Kier molecular flexibility index (Phi) is 8.90. The van der Waals surface area contributed by atoms with Gasteiger partial charge in [-0.1, -0.05) is 44.2 Å². The van der Waals surface area contributed by atoms with Gasteiger partial charge in [-0.25, -0.2) is 4.99 Å². The van der Waals surface area contributed by atoms with Crippen LogP contribution in [0.1, 0.15) is 46.1 Å². The molecular formula is C19H32N4O. The van der Waals surface area contributed by atoms with Crippen molar-refractivity contribution in [2.75, 3.05) is 26.2 Å². The third-order valence-electron chi connectivity index (χ3n) is 4.43. The fourth-order valence-electron chi connectivity index (χ4n) is 2.80. The predicted octanol–water partition coefficient (Wildman–Crippen LogP) is 2.44. The van der Waals surface area contributed by atoms with Crippen molar-refractivity contribution < 1.29 is 4.79 Å².